The van der Waals surface area contributed by atoms with E-state index in [0.29, 0.717) is 44.0 Å². The van der Waals surface area contributed by atoms with E-state index in [2.05, 4.69) is 4.72 Å². The lowest BCUT2D eigenvalue weighted by Gasteiger charge is -2.38. The van der Waals surface area contributed by atoms with Gasteiger partial charge < -0.3 is 20.0 Å². The molecule has 3 aromatic carbocycles. The van der Waals surface area contributed by atoms with Crippen LogP contribution in [0.3, 0.4) is 0 Å². The molecule has 220 valence electrons. The minimum Gasteiger partial charge on any atom is -0.478 e. The van der Waals surface area contributed by atoms with Gasteiger partial charge in [-0.15, -0.1) is 0 Å². The van der Waals surface area contributed by atoms with Crippen LogP contribution in [-0.4, -0.2) is 62.9 Å². The molecule has 4 rings (SSSR count). The summed E-state index contributed by atoms with van der Waals surface area (Å²) in [5.41, 5.74) is 1.15. The number of carboxylic acids is 2. The van der Waals surface area contributed by atoms with Gasteiger partial charge in [-0.25, -0.2) is 31.2 Å². The number of aliphatic carboxylic acids is 1. The molecule has 0 amide bonds. The Bertz CT molecular complexity index is 1530. The monoisotopic (exact) mass is 605 g/mol. The largest absolute Gasteiger partial charge is 0.490 e. The average Bonchev–Trinajstić information content (AvgIpc) is 2.90. The lowest BCUT2D eigenvalue weighted by molar-refractivity contribution is -0.192. The Labute approximate surface area is 229 Å². The summed E-state index contributed by atoms with van der Waals surface area (Å²) in [6.45, 7) is 2.07. The number of nitrogens with zero attached hydrogens (tertiary/aromatic N) is 2. The predicted molar refractivity (Wildman–Crippen MR) is 135 cm³/mol. The van der Waals surface area contributed by atoms with Gasteiger partial charge in [0, 0.05) is 31.9 Å². The highest BCUT2D eigenvalue weighted by atomic mass is 32.2. The van der Waals surface area contributed by atoms with Crippen molar-refractivity contribution < 1.29 is 54.6 Å². The Morgan fingerprint density at radius 2 is 1.34 bits per heavy atom. The first kappa shape index (κ1) is 31.1. The summed E-state index contributed by atoms with van der Waals surface area (Å²) in [5.74, 6) is -6.85. The summed E-state index contributed by atoms with van der Waals surface area (Å²) >= 11 is 0. The van der Waals surface area contributed by atoms with Crippen LogP contribution in [0.25, 0.3) is 0 Å². The number of carbonyl (C=O) groups is 2. The Morgan fingerprint density at radius 1 is 0.780 bits per heavy atom. The van der Waals surface area contributed by atoms with Crippen molar-refractivity contribution in [1.82, 2.24) is 0 Å². The SMILES string of the molecule is O=C(O)C(F)(F)F.O=C(O)c1ccc(N2CCN(c3ccc(F)cc3)CC2)c(NS(=O)(=O)c2ccc(F)c(F)c2)c1. The number of hydrogen-bond donors (Lipinski definition) is 3. The molecular formula is C25H21F6N3O6S. The van der Waals surface area contributed by atoms with E-state index in [1.165, 1.54) is 30.3 Å². The Balaban J connectivity index is 0.000000587. The van der Waals surface area contributed by atoms with Crippen LogP contribution in [0.2, 0.25) is 0 Å². The molecule has 1 fully saturated rings. The molecule has 0 unspecified atom stereocenters. The molecule has 41 heavy (non-hydrogen) atoms. The highest BCUT2D eigenvalue weighted by Gasteiger charge is 2.38. The summed E-state index contributed by atoms with van der Waals surface area (Å²) in [6, 6.07) is 12.3. The molecule has 0 aliphatic carbocycles. The lowest BCUT2D eigenvalue weighted by atomic mass is 10.1. The molecule has 3 N–H and O–H groups in total. The van der Waals surface area contributed by atoms with Crippen molar-refractivity contribution in [2.24, 2.45) is 0 Å². The second-order valence-electron chi connectivity index (χ2n) is 8.47. The number of alkyl halides is 3. The molecule has 0 radical (unpaired) electrons. The van der Waals surface area contributed by atoms with E-state index in [9.17, 15) is 44.7 Å². The zero-order chi connectivity index (χ0) is 30.5. The molecule has 9 nitrogen and oxygen atoms in total. The molecule has 0 atom stereocenters. The maximum absolute atomic E-state index is 13.6. The van der Waals surface area contributed by atoms with Crippen LogP contribution in [-0.2, 0) is 14.8 Å². The summed E-state index contributed by atoms with van der Waals surface area (Å²) < 4.78 is 99.8. The van der Waals surface area contributed by atoms with Gasteiger partial charge in [-0.05, 0) is 60.7 Å². The van der Waals surface area contributed by atoms with E-state index >= 15 is 0 Å². The number of halogens is 6. The fourth-order valence-corrected chi connectivity index (χ4v) is 4.81. The topological polar surface area (TPSA) is 127 Å². The Hall–Kier alpha value is -4.47. The van der Waals surface area contributed by atoms with Gasteiger partial charge in [-0.1, -0.05) is 0 Å². The van der Waals surface area contributed by atoms with Gasteiger partial charge in [0.25, 0.3) is 10.0 Å². The third-order valence-corrected chi connectivity index (χ3v) is 7.11. The van der Waals surface area contributed by atoms with E-state index in [4.69, 9.17) is 9.90 Å². The van der Waals surface area contributed by atoms with Crippen molar-refractivity contribution >= 4 is 39.0 Å². The molecule has 1 aliphatic rings. The van der Waals surface area contributed by atoms with E-state index in [1.54, 1.807) is 12.1 Å². The van der Waals surface area contributed by atoms with Crippen molar-refractivity contribution in [1.29, 1.82) is 0 Å². The summed E-state index contributed by atoms with van der Waals surface area (Å²) in [4.78, 5) is 23.8. The van der Waals surface area contributed by atoms with Crippen LogP contribution in [0.4, 0.5) is 43.4 Å². The maximum Gasteiger partial charge on any atom is 0.490 e. The Kier molecular flexibility index (Phi) is 9.37. The third kappa shape index (κ3) is 8.03. The third-order valence-electron chi connectivity index (χ3n) is 5.74. The standard InChI is InChI=1S/C23H20F3N3O4S.C2HF3O2/c24-16-2-4-17(5-3-16)28-9-11-29(12-10-28)22-8-1-15(23(30)31)13-21(22)27-34(32,33)18-6-7-19(25)20(26)14-18;3-2(4,5)1(6)7/h1-8,13-14,27H,9-12H2,(H,30,31);(H,6,7). The quantitative estimate of drug-likeness (QED) is 0.349. The second kappa shape index (κ2) is 12.4. The minimum atomic E-state index is -5.08. The molecule has 1 heterocycles. The normalized spacial score (nSPS) is 13.7. The van der Waals surface area contributed by atoms with Crippen LogP contribution < -0.4 is 14.5 Å². The average molecular weight is 606 g/mol. The number of rotatable bonds is 6. The number of hydrogen-bond acceptors (Lipinski definition) is 6. The fraction of sp³-hybridized carbons (Fsp3) is 0.200. The maximum atomic E-state index is 13.6. The highest BCUT2D eigenvalue weighted by Crippen LogP contribution is 2.31. The summed E-state index contributed by atoms with van der Waals surface area (Å²) in [6.07, 6.45) is -5.08. The summed E-state index contributed by atoms with van der Waals surface area (Å²) in [7, 11) is -4.34. The Morgan fingerprint density at radius 3 is 1.85 bits per heavy atom. The molecule has 1 saturated heterocycles. The molecule has 3 aromatic rings. The van der Waals surface area contributed by atoms with Crippen LogP contribution >= 0.6 is 0 Å². The van der Waals surface area contributed by atoms with Crippen molar-refractivity contribution in [2.75, 3.05) is 40.7 Å². The van der Waals surface area contributed by atoms with Crippen LogP contribution in [0.5, 0.6) is 0 Å². The van der Waals surface area contributed by atoms with Gasteiger partial charge in [0.15, 0.2) is 11.6 Å². The van der Waals surface area contributed by atoms with E-state index in [0.717, 1.165) is 11.8 Å². The predicted octanol–water partition coefficient (Wildman–Crippen LogP) is 4.56. The second-order valence-corrected chi connectivity index (χ2v) is 10.2. The molecule has 0 aromatic heterocycles. The van der Waals surface area contributed by atoms with Gasteiger partial charge in [0.05, 0.1) is 21.8 Å². The van der Waals surface area contributed by atoms with Gasteiger partial charge >= 0.3 is 18.1 Å². The highest BCUT2D eigenvalue weighted by molar-refractivity contribution is 7.92. The number of piperazine rings is 1. The number of aromatic carboxylic acids is 1. The van der Waals surface area contributed by atoms with Crippen LogP contribution in [0, 0.1) is 17.5 Å². The zero-order valence-electron chi connectivity index (χ0n) is 20.7. The minimum absolute atomic E-state index is 0.000125. The molecule has 0 saturated carbocycles. The van der Waals surface area contributed by atoms with Gasteiger partial charge in [-0.2, -0.15) is 13.2 Å². The first-order chi connectivity index (χ1) is 19.1. The number of nitrogens with one attached hydrogen (secondary N) is 1. The smallest absolute Gasteiger partial charge is 0.478 e. The van der Waals surface area contributed by atoms with E-state index in [-0.39, 0.29) is 17.1 Å². The zero-order valence-corrected chi connectivity index (χ0v) is 21.5. The van der Waals surface area contributed by atoms with Crippen molar-refractivity contribution in [3.63, 3.8) is 0 Å². The van der Waals surface area contributed by atoms with Gasteiger partial charge in [-0.3, -0.25) is 4.72 Å². The van der Waals surface area contributed by atoms with Gasteiger partial charge in [0.1, 0.15) is 5.82 Å². The van der Waals surface area contributed by atoms with Crippen molar-refractivity contribution in [3.05, 3.63) is 83.7 Å². The molecular weight excluding hydrogens is 584 g/mol. The van der Waals surface area contributed by atoms with Crippen molar-refractivity contribution in [2.45, 2.75) is 11.1 Å². The molecule has 1 aliphatic heterocycles. The van der Waals surface area contributed by atoms with E-state index in [1.807, 2.05) is 9.80 Å². The summed E-state index contributed by atoms with van der Waals surface area (Å²) in [5, 5.41) is 16.5. The van der Waals surface area contributed by atoms with Crippen molar-refractivity contribution in [3.8, 4) is 0 Å². The molecule has 0 bridgehead atoms. The first-order valence-electron chi connectivity index (χ1n) is 11.5. The van der Waals surface area contributed by atoms with Gasteiger partial charge in [0.2, 0.25) is 0 Å². The van der Waals surface area contributed by atoms with Crippen LogP contribution in [0.15, 0.2) is 65.6 Å². The number of sulfonamides is 1. The number of benzene rings is 3. The lowest BCUT2D eigenvalue weighted by Crippen LogP contribution is -2.46. The molecule has 16 heteroatoms. The fourth-order valence-electron chi connectivity index (χ4n) is 3.73. The van der Waals surface area contributed by atoms with Crippen LogP contribution in [0.1, 0.15) is 10.4 Å². The number of carboxylic acid groups (broad SMARTS) is 2. The molecule has 0 spiro atoms. The first-order valence-corrected chi connectivity index (χ1v) is 13.0. The van der Waals surface area contributed by atoms with E-state index < -0.39 is 44.7 Å². The number of anilines is 3.